The zero-order valence-electron chi connectivity index (χ0n) is 9.45. The fourth-order valence-corrected chi connectivity index (χ4v) is 1.91. The van der Waals surface area contributed by atoms with Gasteiger partial charge in [-0.25, -0.2) is 9.37 Å². The molecule has 17 heavy (non-hydrogen) atoms. The van der Waals surface area contributed by atoms with Crippen LogP contribution in [0.4, 0.5) is 4.39 Å². The van der Waals surface area contributed by atoms with Crippen LogP contribution in [0.2, 0.25) is 0 Å². The molecule has 1 heterocycles. The van der Waals surface area contributed by atoms with Gasteiger partial charge < -0.3 is 9.72 Å². The van der Waals surface area contributed by atoms with E-state index in [-0.39, 0.29) is 5.82 Å². The van der Waals surface area contributed by atoms with Crippen molar-refractivity contribution in [3.63, 3.8) is 0 Å². The molecule has 2 aromatic rings. The number of hydrogen-bond acceptors (Lipinski definition) is 3. The van der Waals surface area contributed by atoms with Crippen LogP contribution in [-0.2, 0) is 0 Å². The summed E-state index contributed by atoms with van der Waals surface area (Å²) in [6, 6.07) is 4.74. The number of hydrogen-bond donors (Lipinski definition) is 1. The predicted octanol–water partition coefficient (Wildman–Crippen LogP) is 3.26. The predicted molar refractivity (Wildman–Crippen MR) is 66.1 cm³/mol. The van der Waals surface area contributed by atoms with E-state index in [0.717, 1.165) is 5.56 Å². The largest absolute Gasteiger partial charge is 0.491 e. The average molecular weight is 250 g/mol. The standard InChI is InChI=1S/C12H11FN2OS/c1-7-3-8(5-9(13)4-7)10-11(16-2)12(17)15-6-14-10/h3-6H,1-2H3,(H,14,15,17). The van der Waals surface area contributed by atoms with Crippen LogP contribution in [0.1, 0.15) is 5.56 Å². The van der Waals surface area contributed by atoms with E-state index in [0.29, 0.717) is 21.6 Å². The first kappa shape index (κ1) is 11.7. The number of methoxy groups -OCH3 is 1. The summed E-state index contributed by atoms with van der Waals surface area (Å²) in [6.45, 7) is 1.83. The molecule has 88 valence electrons. The normalized spacial score (nSPS) is 10.3. The molecule has 1 aromatic heterocycles. The van der Waals surface area contributed by atoms with Gasteiger partial charge >= 0.3 is 0 Å². The summed E-state index contributed by atoms with van der Waals surface area (Å²) >= 11 is 5.05. The van der Waals surface area contributed by atoms with Gasteiger partial charge in [0.25, 0.3) is 0 Å². The molecule has 0 unspecified atom stereocenters. The molecular formula is C12H11FN2OS. The summed E-state index contributed by atoms with van der Waals surface area (Å²) in [4.78, 5) is 6.85. The number of nitrogens with one attached hydrogen (secondary N) is 1. The maximum atomic E-state index is 13.4. The number of benzene rings is 1. The molecule has 2 rings (SSSR count). The number of aromatic amines is 1. The summed E-state index contributed by atoms with van der Waals surface area (Å²) in [6.07, 6.45) is 1.47. The van der Waals surface area contributed by atoms with Crippen LogP contribution in [-0.4, -0.2) is 17.1 Å². The minimum Gasteiger partial charge on any atom is -0.491 e. The van der Waals surface area contributed by atoms with Crippen molar-refractivity contribution in [3.05, 3.63) is 40.5 Å². The number of H-pyrrole nitrogens is 1. The quantitative estimate of drug-likeness (QED) is 0.831. The molecule has 0 saturated heterocycles. The van der Waals surface area contributed by atoms with Crippen molar-refractivity contribution < 1.29 is 9.13 Å². The Kier molecular flexibility index (Phi) is 3.19. The lowest BCUT2D eigenvalue weighted by Gasteiger charge is -2.08. The van der Waals surface area contributed by atoms with Gasteiger partial charge in [0.2, 0.25) is 0 Å². The molecular weight excluding hydrogens is 239 g/mol. The second kappa shape index (κ2) is 4.63. The maximum absolute atomic E-state index is 13.4. The molecule has 1 aromatic carbocycles. The zero-order chi connectivity index (χ0) is 12.4. The van der Waals surface area contributed by atoms with Crippen molar-refractivity contribution >= 4 is 12.2 Å². The molecule has 5 heteroatoms. The Balaban J connectivity index is 2.68. The van der Waals surface area contributed by atoms with Gasteiger partial charge in [-0.2, -0.15) is 0 Å². The molecule has 0 spiro atoms. The number of aryl methyl sites for hydroxylation is 1. The van der Waals surface area contributed by atoms with Crippen molar-refractivity contribution in [3.8, 4) is 17.0 Å². The average Bonchev–Trinajstić information content (AvgIpc) is 2.27. The lowest BCUT2D eigenvalue weighted by Crippen LogP contribution is -1.95. The SMILES string of the molecule is COc1c(-c2cc(C)cc(F)c2)[nH]cnc1=S. The highest BCUT2D eigenvalue weighted by molar-refractivity contribution is 7.71. The van der Waals surface area contributed by atoms with E-state index in [9.17, 15) is 4.39 Å². The third-order valence-corrected chi connectivity index (χ3v) is 2.64. The van der Waals surface area contributed by atoms with E-state index >= 15 is 0 Å². The van der Waals surface area contributed by atoms with E-state index in [1.807, 2.05) is 13.0 Å². The third-order valence-electron chi connectivity index (χ3n) is 2.35. The number of halogens is 1. The van der Waals surface area contributed by atoms with Crippen LogP contribution in [0.15, 0.2) is 24.5 Å². The van der Waals surface area contributed by atoms with Crippen LogP contribution < -0.4 is 4.74 Å². The second-order valence-corrected chi connectivity index (χ2v) is 4.02. The summed E-state index contributed by atoms with van der Waals surface area (Å²) in [5.74, 6) is 0.158. The minimum atomic E-state index is -0.293. The number of ether oxygens (including phenoxy) is 1. The fourth-order valence-electron chi connectivity index (χ4n) is 1.67. The van der Waals surface area contributed by atoms with Crippen LogP contribution in [0.5, 0.6) is 5.75 Å². The molecule has 0 radical (unpaired) electrons. The van der Waals surface area contributed by atoms with Crippen molar-refractivity contribution in [2.45, 2.75) is 6.92 Å². The molecule has 0 amide bonds. The van der Waals surface area contributed by atoms with E-state index in [1.54, 1.807) is 0 Å². The smallest absolute Gasteiger partial charge is 0.179 e. The molecule has 0 fully saturated rings. The van der Waals surface area contributed by atoms with Crippen molar-refractivity contribution in [2.75, 3.05) is 7.11 Å². The van der Waals surface area contributed by atoms with Gasteiger partial charge in [-0.1, -0.05) is 12.2 Å². The summed E-state index contributed by atoms with van der Waals surface area (Å²) in [7, 11) is 1.51. The fraction of sp³-hybridized carbons (Fsp3) is 0.167. The van der Waals surface area contributed by atoms with E-state index in [2.05, 4.69) is 9.97 Å². The summed E-state index contributed by atoms with van der Waals surface area (Å²) in [5, 5.41) is 0. The Labute approximate surface area is 103 Å². The van der Waals surface area contributed by atoms with Gasteiger partial charge in [0.1, 0.15) is 5.82 Å². The van der Waals surface area contributed by atoms with E-state index in [4.69, 9.17) is 17.0 Å². The molecule has 0 aliphatic rings. The number of rotatable bonds is 2. The van der Waals surface area contributed by atoms with Crippen LogP contribution in [0.25, 0.3) is 11.3 Å². The number of nitrogens with zero attached hydrogens (tertiary/aromatic N) is 1. The molecule has 0 bridgehead atoms. The topological polar surface area (TPSA) is 37.9 Å². The van der Waals surface area contributed by atoms with Gasteiger partial charge in [0.05, 0.1) is 19.1 Å². The van der Waals surface area contributed by atoms with Gasteiger partial charge in [-0.3, -0.25) is 0 Å². The van der Waals surface area contributed by atoms with Crippen molar-refractivity contribution in [2.24, 2.45) is 0 Å². The maximum Gasteiger partial charge on any atom is 0.179 e. The molecule has 0 aliphatic carbocycles. The highest BCUT2D eigenvalue weighted by Crippen LogP contribution is 2.28. The van der Waals surface area contributed by atoms with Crippen molar-refractivity contribution in [1.82, 2.24) is 9.97 Å². The first-order valence-corrected chi connectivity index (χ1v) is 5.42. The van der Waals surface area contributed by atoms with Crippen LogP contribution >= 0.6 is 12.2 Å². The lowest BCUT2D eigenvalue weighted by molar-refractivity contribution is 0.410. The Morgan fingerprint density at radius 3 is 2.76 bits per heavy atom. The van der Waals surface area contributed by atoms with Gasteiger partial charge in [-0.15, -0.1) is 0 Å². The Morgan fingerprint density at radius 2 is 2.12 bits per heavy atom. The first-order valence-electron chi connectivity index (χ1n) is 5.01. The molecule has 0 saturated carbocycles. The monoisotopic (exact) mass is 250 g/mol. The Morgan fingerprint density at radius 1 is 1.35 bits per heavy atom. The zero-order valence-corrected chi connectivity index (χ0v) is 10.3. The number of aromatic nitrogens is 2. The first-order chi connectivity index (χ1) is 8.11. The van der Waals surface area contributed by atoms with Crippen molar-refractivity contribution in [1.29, 1.82) is 0 Å². The summed E-state index contributed by atoms with van der Waals surface area (Å²) in [5.41, 5.74) is 2.15. The minimum absolute atomic E-state index is 0.293. The van der Waals surface area contributed by atoms with E-state index in [1.165, 1.54) is 25.6 Å². The highest BCUT2D eigenvalue weighted by Gasteiger charge is 2.09. The molecule has 3 nitrogen and oxygen atoms in total. The van der Waals surface area contributed by atoms with Crippen LogP contribution in [0, 0.1) is 17.4 Å². The Bertz CT molecular complexity index is 589. The third kappa shape index (κ3) is 2.34. The Hall–Kier alpha value is -1.75. The van der Waals surface area contributed by atoms with Crippen LogP contribution in [0.3, 0.4) is 0 Å². The molecule has 0 atom stereocenters. The van der Waals surface area contributed by atoms with Gasteiger partial charge in [0, 0.05) is 5.56 Å². The highest BCUT2D eigenvalue weighted by atomic mass is 32.1. The van der Waals surface area contributed by atoms with E-state index < -0.39 is 0 Å². The molecule has 1 N–H and O–H groups in total. The van der Waals surface area contributed by atoms with Gasteiger partial charge in [-0.05, 0) is 30.7 Å². The summed E-state index contributed by atoms with van der Waals surface area (Å²) < 4.78 is 18.9. The lowest BCUT2D eigenvalue weighted by atomic mass is 10.1. The molecule has 0 aliphatic heterocycles. The van der Waals surface area contributed by atoms with Gasteiger partial charge in [0.15, 0.2) is 10.4 Å². The second-order valence-electron chi connectivity index (χ2n) is 3.63.